The second-order valence-corrected chi connectivity index (χ2v) is 4.86. The lowest BCUT2D eigenvalue weighted by Crippen LogP contribution is -2.13. The Hall–Kier alpha value is -2.14. The summed E-state index contributed by atoms with van der Waals surface area (Å²) in [4.78, 5) is 23.6. The summed E-state index contributed by atoms with van der Waals surface area (Å²) in [5.74, 6) is -0.693. The number of halogens is 1. The summed E-state index contributed by atoms with van der Waals surface area (Å²) >= 11 is 3.32. The van der Waals surface area contributed by atoms with E-state index in [0.29, 0.717) is 21.3 Å². The lowest BCUT2D eigenvalue weighted by molar-refractivity contribution is 0.0600. The molecule has 0 radical (unpaired) electrons. The fourth-order valence-corrected chi connectivity index (χ4v) is 2.15. The first-order valence-electron chi connectivity index (χ1n) is 5.86. The van der Waals surface area contributed by atoms with Crippen LogP contribution in [0.2, 0.25) is 0 Å². The minimum atomic E-state index is -0.443. The number of methoxy groups -OCH3 is 1. The van der Waals surface area contributed by atoms with Crippen LogP contribution in [0.15, 0.2) is 53.0 Å². The Morgan fingerprint density at radius 2 is 1.85 bits per heavy atom. The molecule has 0 saturated carbocycles. The van der Waals surface area contributed by atoms with Crippen molar-refractivity contribution in [2.75, 3.05) is 12.4 Å². The van der Waals surface area contributed by atoms with Gasteiger partial charge in [-0.2, -0.15) is 0 Å². The fourth-order valence-electron chi connectivity index (χ4n) is 1.69. The van der Waals surface area contributed by atoms with Crippen LogP contribution in [0.4, 0.5) is 5.69 Å². The third-order valence-corrected chi connectivity index (χ3v) is 3.35. The summed E-state index contributed by atoms with van der Waals surface area (Å²) in [6.45, 7) is 0. The summed E-state index contributed by atoms with van der Waals surface area (Å²) in [5, 5.41) is 2.74. The quantitative estimate of drug-likeness (QED) is 0.875. The summed E-state index contributed by atoms with van der Waals surface area (Å²) in [7, 11) is 1.31. The molecule has 0 aromatic heterocycles. The van der Waals surface area contributed by atoms with Gasteiger partial charge in [-0.3, -0.25) is 4.79 Å². The van der Waals surface area contributed by atoms with Gasteiger partial charge in [-0.25, -0.2) is 4.79 Å². The van der Waals surface area contributed by atoms with Crippen molar-refractivity contribution in [3.05, 3.63) is 64.1 Å². The first-order chi connectivity index (χ1) is 9.61. The van der Waals surface area contributed by atoms with Crippen LogP contribution in [0.25, 0.3) is 0 Å². The van der Waals surface area contributed by atoms with E-state index < -0.39 is 5.97 Å². The van der Waals surface area contributed by atoms with Gasteiger partial charge in [-0.15, -0.1) is 0 Å². The number of anilines is 1. The Labute approximate surface area is 124 Å². The lowest BCUT2D eigenvalue weighted by Gasteiger charge is -2.08. The molecule has 0 atom stereocenters. The predicted octanol–water partition coefficient (Wildman–Crippen LogP) is 3.49. The number of rotatable bonds is 3. The number of ether oxygens (including phenoxy) is 1. The van der Waals surface area contributed by atoms with E-state index in [1.807, 2.05) is 6.07 Å². The Morgan fingerprint density at radius 1 is 1.10 bits per heavy atom. The van der Waals surface area contributed by atoms with E-state index in [1.54, 1.807) is 42.5 Å². The molecule has 0 unspecified atom stereocenters. The molecular weight excluding hydrogens is 322 g/mol. The van der Waals surface area contributed by atoms with Crippen LogP contribution in [0.3, 0.4) is 0 Å². The number of hydrogen-bond acceptors (Lipinski definition) is 3. The highest BCUT2D eigenvalue weighted by atomic mass is 79.9. The lowest BCUT2D eigenvalue weighted by atomic mass is 10.1. The normalized spacial score (nSPS) is 9.90. The highest BCUT2D eigenvalue weighted by Crippen LogP contribution is 2.18. The van der Waals surface area contributed by atoms with E-state index >= 15 is 0 Å². The molecule has 0 fully saturated rings. The molecule has 1 N–H and O–H groups in total. The third-order valence-electron chi connectivity index (χ3n) is 2.66. The van der Waals surface area contributed by atoms with Crippen LogP contribution in [0, 0.1) is 0 Å². The zero-order chi connectivity index (χ0) is 14.5. The summed E-state index contributed by atoms with van der Waals surface area (Å²) in [5.41, 5.74) is 1.45. The van der Waals surface area contributed by atoms with Gasteiger partial charge in [0.05, 0.1) is 18.2 Å². The third kappa shape index (κ3) is 3.24. The van der Waals surface area contributed by atoms with Crippen LogP contribution in [-0.2, 0) is 4.74 Å². The maximum Gasteiger partial charge on any atom is 0.337 e. The molecule has 102 valence electrons. The van der Waals surface area contributed by atoms with Crippen molar-refractivity contribution >= 4 is 33.5 Å². The maximum absolute atomic E-state index is 12.1. The van der Waals surface area contributed by atoms with Crippen LogP contribution in [0.5, 0.6) is 0 Å². The molecule has 0 aliphatic carbocycles. The Balaban J connectivity index is 2.20. The molecule has 0 aliphatic heterocycles. The Bertz CT molecular complexity index is 655. The minimum absolute atomic E-state index is 0.250. The number of benzene rings is 2. The van der Waals surface area contributed by atoms with Crippen molar-refractivity contribution in [2.45, 2.75) is 0 Å². The summed E-state index contributed by atoms with van der Waals surface area (Å²) in [6.07, 6.45) is 0. The first-order valence-corrected chi connectivity index (χ1v) is 6.65. The largest absolute Gasteiger partial charge is 0.465 e. The first kappa shape index (κ1) is 14.3. The average molecular weight is 334 g/mol. The van der Waals surface area contributed by atoms with Crippen molar-refractivity contribution in [1.29, 1.82) is 0 Å². The molecule has 0 spiro atoms. The predicted molar refractivity (Wildman–Crippen MR) is 79.9 cm³/mol. The number of carbonyl (C=O) groups excluding carboxylic acids is 2. The summed E-state index contributed by atoms with van der Waals surface area (Å²) < 4.78 is 5.35. The number of amides is 1. The maximum atomic E-state index is 12.1. The zero-order valence-electron chi connectivity index (χ0n) is 10.7. The molecule has 5 heteroatoms. The molecule has 0 saturated heterocycles. The number of hydrogen-bond donors (Lipinski definition) is 1. The average Bonchev–Trinajstić information content (AvgIpc) is 2.47. The SMILES string of the molecule is COC(=O)c1cccc(NC(=O)c2ccccc2Br)c1. The number of carbonyl (C=O) groups is 2. The van der Waals surface area contributed by atoms with E-state index in [9.17, 15) is 9.59 Å². The van der Waals surface area contributed by atoms with Gasteiger partial charge in [-0.1, -0.05) is 18.2 Å². The van der Waals surface area contributed by atoms with Gasteiger partial charge in [0, 0.05) is 10.2 Å². The molecule has 20 heavy (non-hydrogen) atoms. The molecule has 2 aromatic rings. The van der Waals surface area contributed by atoms with Crippen LogP contribution in [0.1, 0.15) is 20.7 Å². The van der Waals surface area contributed by atoms with Crippen molar-refractivity contribution in [1.82, 2.24) is 0 Å². The van der Waals surface area contributed by atoms with Gasteiger partial charge in [0.1, 0.15) is 0 Å². The van der Waals surface area contributed by atoms with Gasteiger partial charge in [0.2, 0.25) is 0 Å². The van der Waals surface area contributed by atoms with E-state index in [1.165, 1.54) is 7.11 Å². The molecule has 0 heterocycles. The second kappa shape index (κ2) is 6.34. The standard InChI is InChI=1S/C15H12BrNO3/c1-20-15(19)10-5-4-6-11(9-10)17-14(18)12-7-2-3-8-13(12)16/h2-9H,1H3,(H,17,18). The van der Waals surface area contributed by atoms with Crippen LogP contribution < -0.4 is 5.32 Å². The van der Waals surface area contributed by atoms with Crippen LogP contribution in [-0.4, -0.2) is 19.0 Å². The number of nitrogens with one attached hydrogen (secondary N) is 1. The topological polar surface area (TPSA) is 55.4 Å². The molecule has 0 aliphatic rings. The molecule has 4 nitrogen and oxygen atoms in total. The number of esters is 1. The minimum Gasteiger partial charge on any atom is -0.465 e. The molecule has 0 bridgehead atoms. The van der Waals surface area contributed by atoms with Crippen molar-refractivity contribution < 1.29 is 14.3 Å². The molecule has 1 amide bonds. The molecule has 2 rings (SSSR count). The Morgan fingerprint density at radius 3 is 2.55 bits per heavy atom. The van der Waals surface area contributed by atoms with Gasteiger partial charge in [0.15, 0.2) is 0 Å². The molecular formula is C15H12BrNO3. The Kier molecular flexibility index (Phi) is 4.53. The van der Waals surface area contributed by atoms with Gasteiger partial charge < -0.3 is 10.1 Å². The van der Waals surface area contributed by atoms with Crippen molar-refractivity contribution in [3.63, 3.8) is 0 Å². The smallest absolute Gasteiger partial charge is 0.337 e. The van der Waals surface area contributed by atoms with Gasteiger partial charge in [-0.05, 0) is 46.3 Å². The highest BCUT2D eigenvalue weighted by Gasteiger charge is 2.11. The van der Waals surface area contributed by atoms with E-state index in [4.69, 9.17) is 0 Å². The van der Waals surface area contributed by atoms with Gasteiger partial charge in [0.25, 0.3) is 5.91 Å². The van der Waals surface area contributed by atoms with E-state index in [-0.39, 0.29) is 5.91 Å². The van der Waals surface area contributed by atoms with Crippen molar-refractivity contribution in [2.24, 2.45) is 0 Å². The zero-order valence-corrected chi connectivity index (χ0v) is 12.3. The van der Waals surface area contributed by atoms with Gasteiger partial charge >= 0.3 is 5.97 Å². The highest BCUT2D eigenvalue weighted by molar-refractivity contribution is 9.10. The van der Waals surface area contributed by atoms with Crippen LogP contribution >= 0.6 is 15.9 Å². The monoisotopic (exact) mass is 333 g/mol. The van der Waals surface area contributed by atoms with Crippen molar-refractivity contribution in [3.8, 4) is 0 Å². The van der Waals surface area contributed by atoms with E-state index in [2.05, 4.69) is 26.0 Å². The summed E-state index contributed by atoms with van der Waals surface area (Å²) in [6, 6.07) is 13.7. The second-order valence-electron chi connectivity index (χ2n) is 4.01. The molecule has 2 aromatic carbocycles. The fraction of sp³-hybridized carbons (Fsp3) is 0.0667. The van der Waals surface area contributed by atoms with E-state index in [0.717, 1.165) is 0 Å².